The second kappa shape index (κ2) is 7.36. The molecular weight excluding hydrogens is 342 g/mol. The number of hydrogen-bond donors (Lipinski definition) is 1. The van der Waals surface area contributed by atoms with Crippen molar-refractivity contribution in [1.82, 2.24) is 24.4 Å². The van der Waals surface area contributed by atoms with E-state index in [2.05, 4.69) is 10.4 Å². The SMILES string of the molecule is Cc1ccc(-c2cc3c(=O)n(CCC(=O)N4CCNCC4)ccn3n2)cc1. The van der Waals surface area contributed by atoms with E-state index in [-0.39, 0.29) is 11.5 Å². The minimum Gasteiger partial charge on any atom is -0.340 e. The highest BCUT2D eigenvalue weighted by Gasteiger charge is 2.16. The lowest BCUT2D eigenvalue weighted by molar-refractivity contribution is -0.132. The largest absolute Gasteiger partial charge is 0.340 e. The first kappa shape index (κ1) is 17.5. The van der Waals surface area contributed by atoms with Crippen molar-refractivity contribution in [3.05, 3.63) is 58.6 Å². The van der Waals surface area contributed by atoms with E-state index in [0.29, 0.717) is 18.5 Å². The van der Waals surface area contributed by atoms with Crippen LogP contribution in [0, 0.1) is 6.92 Å². The monoisotopic (exact) mass is 365 g/mol. The zero-order valence-corrected chi connectivity index (χ0v) is 15.4. The van der Waals surface area contributed by atoms with Crippen LogP contribution in [0.4, 0.5) is 0 Å². The fourth-order valence-corrected chi connectivity index (χ4v) is 3.36. The van der Waals surface area contributed by atoms with E-state index in [4.69, 9.17) is 0 Å². The molecule has 1 aliphatic heterocycles. The Labute approximate surface area is 157 Å². The summed E-state index contributed by atoms with van der Waals surface area (Å²) in [5, 5.41) is 7.74. The summed E-state index contributed by atoms with van der Waals surface area (Å²) in [5.41, 5.74) is 3.31. The molecule has 0 spiro atoms. The van der Waals surface area contributed by atoms with Gasteiger partial charge in [0.05, 0.1) is 5.69 Å². The minimum absolute atomic E-state index is 0.0946. The molecule has 7 nitrogen and oxygen atoms in total. The van der Waals surface area contributed by atoms with E-state index in [9.17, 15) is 9.59 Å². The number of aryl methyl sites for hydroxylation is 2. The molecule has 0 unspecified atom stereocenters. The Kier molecular flexibility index (Phi) is 4.77. The van der Waals surface area contributed by atoms with Crippen LogP contribution in [0.1, 0.15) is 12.0 Å². The Hall–Kier alpha value is -2.93. The van der Waals surface area contributed by atoms with Gasteiger partial charge in [-0.2, -0.15) is 5.10 Å². The first-order valence-corrected chi connectivity index (χ1v) is 9.26. The van der Waals surface area contributed by atoms with Gasteiger partial charge in [0.15, 0.2) is 0 Å². The summed E-state index contributed by atoms with van der Waals surface area (Å²) >= 11 is 0. The van der Waals surface area contributed by atoms with Crippen molar-refractivity contribution in [2.24, 2.45) is 0 Å². The number of carbonyl (C=O) groups excluding carboxylic acids is 1. The number of aromatic nitrogens is 3. The van der Waals surface area contributed by atoms with Crippen LogP contribution in [-0.4, -0.2) is 51.2 Å². The Balaban J connectivity index is 1.54. The van der Waals surface area contributed by atoms with Crippen LogP contribution in [-0.2, 0) is 11.3 Å². The van der Waals surface area contributed by atoms with Crippen molar-refractivity contribution in [2.45, 2.75) is 19.9 Å². The topological polar surface area (TPSA) is 71.6 Å². The van der Waals surface area contributed by atoms with Crippen molar-refractivity contribution < 1.29 is 4.79 Å². The lowest BCUT2D eigenvalue weighted by Crippen LogP contribution is -2.46. The molecule has 0 atom stereocenters. The number of fused-ring (bicyclic) bond motifs is 1. The van der Waals surface area contributed by atoms with Gasteiger partial charge in [-0.25, -0.2) is 4.52 Å². The molecule has 140 valence electrons. The third kappa shape index (κ3) is 3.64. The summed E-state index contributed by atoms with van der Waals surface area (Å²) in [4.78, 5) is 27.0. The van der Waals surface area contributed by atoms with Crippen molar-refractivity contribution >= 4 is 11.4 Å². The summed E-state index contributed by atoms with van der Waals surface area (Å²) in [6, 6.07) is 9.86. The molecule has 1 N–H and O–H groups in total. The molecule has 2 aromatic heterocycles. The summed E-state index contributed by atoms with van der Waals surface area (Å²) in [5.74, 6) is 0.0946. The third-order valence-corrected chi connectivity index (χ3v) is 4.99. The first-order chi connectivity index (χ1) is 13.1. The van der Waals surface area contributed by atoms with Crippen LogP contribution in [0.3, 0.4) is 0 Å². The van der Waals surface area contributed by atoms with Gasteiger partial charge in [-0.15, -0.1) is 0 Å². The summed E-state index contributed by atoms with van der Waals surface area (Å²) in [7, 11) is 0. The van der Waals surface area contributed by atoms with Gasteiger partial charge in [0.2, 0.25) is 5.91 Å². The highest BCUT2D eigenvalue weighted by molar-refractivity contribution is 5.76. The molecule has 0 radical (unpaired) electrons. The maximum Gasteiger partial charge on any atom is 0.276 e. The molecule has 0 bridgehead atoms. The summed E-state index contributed by atoms with van der Waals surface area (Å²) in [6.45, 7) is 5.53. The number of piperazine rings is 1. The van der Waals surface area contributed by atoms with E-state index in [1.165, 1.54) is 5.56 Å². The Morgan fingerprint density at radius 1 is 1.15 bits per heavy atom. The molecule has 0 saturated carbocycles. The molecule has 3 heterocycles. The van der Waals surface area contributed by atoms with Crippen molar-refractivity contribution in [2.75, 3.05) is 26.2 Å². The molecule has 0 aliphatic carbocycles. The molecule has 1 fully saturated rings. The van der Waals surface area contributed by atoms with Gasteiger partial charge in [-0.1, -0.05) is 29.8 Å². The Bertz CT molecular complexity index is 1010. The molecule has 1 saturated heterocycles. The number of amides is 1. The van der Waals surface area contributed by atoms with E-state index in [0.717, 1.165) is 37.4 Å². The molecule has 3 aromatic rings. The highest BCUT2D eigenvalue weighted by Crippen LogP contribution is 2.18. The van der Waals surface area contributed by atoms with Crippen molar-refractivity contribution in [3.63, 3.8) is 0 Å². The van der Waals surface area contributed by atoms with Gasteiger partial charge in [0.1, 0.15) is 5.52 Å². The predicted octanol–water partition coefficient (Wildman–Crippen LogP) is 1.29. The van der Waals surface area contributed by atoms with Crippen molar-refractivity contribution in [1.29, 1.82) is 0 Å². The van der Waals surface area contributed by atoms with Gasteiger partial charge < -0.3 is 14.8 Å². The van der Waals surface area contributed by atoms with Crippen molar-refractivity contribution in [3.8, 4) is 11.3 Å². The molecular formula is C20H23N5O2. The smallest absolute Gasteiger partial charge is 0.276 e. The maximum atomic E-state index is 12.8. The minimum atomic E-state index is -0.128. The maximum absolute atomic E-state index is 12.8. The van der Waals surface area contributed by atoms with Gasteiger partial charge in [0.25, 0.3) is 5.56 Å². The van der Waals surface area contributed by atoms with Gasteiger partial charge in [-0.3, -0.25) is 9.59 Å². The number of benzene rings is 1. The summed E-state index contributed by atoms with van der Waals surface area (Å²) in [6.07, 6.45) is 3.80. The van der Waals surface area contributed by atoms with E-state index in [1.54, 1.807) is 21.5 Å². The zero-order chi connectivity index (χ0) is 18.8. The predicted molar refractivity (Wildman–Crippen MR) is 104 cm³/mol. The number of nitrogens with zero attached hydrogens (tertiary/aromatic N) is 4. The Morgan fingerprint density at radius 3 is 2.63 bits per heavy atom. The number of hydrogen-bond acceptors (Lipinski definition) is 4. The normalized spacial score (nSPS) is 14.6. The third-order valence-electron chi connectivity index (χ3n) is 4.99. The van der Waals surface area contributed by atoms with Crippen LogP contribution in [0.2, 0.25) is 0 Å². The van der Waals surface area contributed by atoms with E-state index in [1.807, 2.05) is 42.2 Å². The second-order valence-corrected chi connectivity index (χ2v) is 6.90. The fraction of sp³-hybridized carbons (Fsp3) is 0.350. The van der Waals surface area contributed by atoms with Crippen LogP contribution >= 0.6 is 0 Å². The fourth-order valence-electron chi connectivity index (χ4n) is 3.36. The molecule has 1 aliphatic rings. The van der Waals surface area contributed by atoms with E-state index < -0.39 is 0 Å². The average molecular weight is 365 g/mol. The number of rotatable bonds is 4. The average Bonchev–Trinajstić information content (AvgIpc) is 3.14. The second-order valence-electron chi connectivity index (χ2n) is 6.90. The van der Waals surface area contributed by atoms with Crippen LogP contribution in [0.15, 0.2) is 47.5 Å². The van der Waals surface area contributed by atoms with Gasteiger partial charge in [-0.05, 0) is 13.0 Å². The van der Waals surface area contributed by atoms with E-state index >= 15 is 0 Å². The van der Waals surface area contributed by atoms with Crippen LogP contribution in [0.5, 0.6) is 0 Å². The first-order valence-electron chi connectivity index (χ1n) is 9.26. The molecule has 7 heteroatoms. The molecule has 4 rings (SSSR count). The molecule has 1 amide bonds. The van der Waals surface area contributed by atoms with Crippen LogP contribution in [0.25, 0.3) is 16.8 Å². The highest BCUT2D eigenvalue weighted by atomic mass is 16.2. The quantitative estimate of drug-likeness (QED) is 0.756. The standard InChI is InChI=1S/C20H23N5O2/c1-15-2-4-16(5-3-15)17-14-18-20(27)24(12-13-25(18)22-17)9-6-19(26)23-10-7-21-8-11-23/h2-5,12-14,21H,6-11H2,1H3. The number of nitrogens with one attached hydrogen (secondary N) is 1. The Morgan fingerprint density at radius 2 is 1.89 bits per heavy atom. The molecule has 27 heavy (non-hydrogen) atoms. The van der Waals surface area contributed by atoms with Gasteiger partial charge in [0, 0.05) is 57.1 Å². The van der Waals surface area contributed by atoms with Crippen LogP contribution < -0.4 is 10.9 Å². The summed E-state index contributed by atoms with van der Waals surface area (Å²) < 4.78 is 3.20. The lowest BCUT2D eigenvalue weighted by Gasteiger charge is -2.27. The molecule has 1 aromatic carbocycles. The lowest BCUT2D eigenvalue weighted by atomic mass is 10.1. The zero-order valence-electron chi connectivity index (χ0n) is 15.4. The van der Waals surface area contributed by atoms with Gasteiger partial charge >= 0.3 is 0 Å². The number of carbonyl (C=O) groups is 1.